The monoisotopic (exact) mass is 379 g/mol. The van der Waals surface area contributed by atoms with Crippen LogP contribution in [0.25, 0.3) is 0 Å². The average molecular weight is 379 g/mol. The first-order chi connectivity index (χ1) is 12.0. The number of carbonyl (C=O) groups is 3. The van der Waals surface area contributed by atoms with Gasteiger partial charge >= 0.3 is 11.9 Å². The lowest BCUT2D eigenvalue weighted by Crippen LogP contribution is -2.32. The molecule has 0 N–H and O–H groups in total. The van der Waals surface area contributed by atoms with Gasteiger partial charge in [-0.2, -0.15) is 0 Å². The second kappa shape index (κ2) is 5.73. The van der Waals surface area contributed by atoms with E-state index in [9.17, 15) is 22.8 Å². The fourth-order valence-corrected chi connectivity index (χ4v) is 2.48. The molecule has 11 heteroatoms. The van der Waals surface area contributed by atoms with Crippen LogP contribution in [0, 0.1) is 0 Å². The predicted octanol–water partition coefficient (Wildman–Crippen LogP) is 0.717. The van der Waals surface area contributed by atoms with Gasteiger partial charge in [-0.1, -0.05) is 17.2 Å². The van der Waals surface area contributed by atoms with Crippen LogP contribution in [0.5, 0.6) is 0 Å². The number of sulfone groups is 1. The molecule has 26 heavy (non-hydrogen) atoms. The third-order valence-corrected chi connectivity index (χ3v) is 6.00. The van der Waals surface area contributed by atoms with Crippen molar-refractivity contribution >= 4 is 27.6 Å². The van der Waals surface area contributed by atoms with Crippen LogP contribution >= 0.6 is 0 Å². The molecule has 1 aromatic carbocycles. The Balaban J connectivity index is 1.83. The number of nitrogens with zero attached hydrogens (tertiary/aromatic N) is 3. The molecule has 0 saturated carbocycles. The molecule has 2 amide bonds. The van der Waals surface area contributed by atoms with Crippen molar-refractivity contribution in [3.05, 3.63) is 47.2 Å². The standard InChI is InChI=1S/C15H13N3O7S/c1-15(2,26(3,22)23)14-17-16-10(24-14)13(21)25-18-11(19)8-6-4-5-7-9(8)12(18)20/h4-7H,1-3H3. The minimum absolute atomic E-state index is 0.0923. The van der Waals surface area contributed by atoms with Crippen molar-refractivity contribution in [1.82, 2.24) is 15.3 Å². The lowest BCUT2D eigenvalue weighted by atomic mass is 10.1. The smallest absolute Gasteiger partial charge is 0.414 e. The van der Waals surface area contributed by atoms with E-state index in [1.807, 2.05) is 0 Å². The minimum atomic E-state index is -3.61. The third kappa shape index (κ3) is 2.65. The van der Waals surface area contributed by atoms with Gasteiger partial charge in [0.1, 0.15) is 4.75 Å². The molecule has 3 rings (SSSR count). The van der Waals surface area contributed by atoms with Crippen molar-refractivity contribution in [2.24, 2.45) is 0 Å². The van der Waals surface area contributed by atoms with Crippen LogP contribution in [0.3, 0.4) is 0 Å². The van der Waals surface area contributed by atoms with Crippen LogP contribution in [0.2, 0.25) is 0 Å². The molecule has 0 fully saturated rings. The maximum Gasteiger partial charge on any atom is 0.421 e. The summed E-state index contributed by atoms with van der Waals surface area (Å²) in [5, 5.41) is 7.26. The van der Waals surface area contributed by atoms with Crippen LogP contribution in [0.1, 0.15) is 51.1 Å². The molecule has 10 nitrogen and oxygen atoms in total. The van der Waals surface area contributed by atoms with Crippen molar-refractivity contribution in [3.8, 4) is 0 Å². The quantitative estimate of drug-likeness (QED) is 0.703. The molecule has 2 aromatic rings. The number of imide groups is 1. The Morgan fingerprint density at radius 2 is 1.65 bits per heavy atom. The van der Waals surface area contributed by atoms with Gasteiger partial charge in [-0.15, -0.1) is 10.2 Å². The Bertz CT molecular complexity index is 1000. The van der Waals surface area contributed by atoms with E-state index in [-0.39, 0.29) is 17.0 Å². The first kappa shape index (κ1) is 17.7. The van der Waals surface area contributed by atoms with Crippen LogP contribution < -0.4 is 0 Å². The van der Waals surface area contributed by atoms with Crippen LogP contribution in [0.15, 0.2) is 28.7 Å². The molecule has 1 aliphatic rings. The average Bonchev–Trinajstić information content (AvgIpc) is 3.15. The third-order valence-electron chi connectivity index (χ3n) is 3.97. The van der Waals surface area contributed by atoms with Crippen molar-refractivity contribution in [3.63, 3.8) is 0 Å². The summed E-state index contributed by atoms with van der Waals surface area (Å²) in [5.41, 5.74) is 0.185. The molecule has 0 radical (unpaired) electrons. The summed E-state index contributed by atoms with van der Waals surface area (Å²) in [7, 11) is -3.61. The highest BCUT2D eigenvalue weighted by Gasteiger charge is 2.41. The Morgan fingerprint density at radius 3 is 2.15 bits per heavy atom. The number of hydrogen-bond donors (Lipinski definition) is 0. The van der Waals surface area contributed by atoms with E-state index in [4.69, 9.17) is 9.25 Å². The predicted molar refractivity (Wildman–Crippen MR) is 84.5 cm³/mol. The van der Waals surface area contributed by atoms with E-state index in [1.54, 1.807) is 12.1 Å². The lowest BCUT2D eigenvalue weighted by Gasteiger charge is -2.16. The van der Waals surface area contributed by atoms with Crippen molar-refractivity contribution in [2.75, 3.05) is 6.26 Å². The van der Waals surface area contributed by atoms with Gasteiger partial charge < -0.3 is 9.25 Å². The summed E-state index contributed by atoms with van der Waals surface area (Å²) in [6, 6.07) is 5.96. The first-order valence-corrected chi connectivity index (χ1v) is 9.17. The van der Waals surface area contributed by atoms with Crippen molar-refractivity contribution < 1.29 is 32.1 Å². The molecule has 0 saturated heterocycles. The number of benzene rings is 1. The fourth-order valence-electron chi connectivity index (χ4n) is 2.08. The Morgan fingerprint density at radius 1 is 1.12 bits per heavy atom. The zero-order chi connectivity index (χ0) is 19.3. The fraction of sp³-hybridized carbons (Fsp3) is 0.267. The summed E-state index contributed by atoms with van der Waals surface area (Å²) in [5.74, 6) is -3.89. The molecule has 1 aliphatic heterocycles. The maximum absolute atomic E-state index is 12.2. The highest BCUT2D eigenvalue weighted by molar-refractivity contribution is 7.91. The molecular weight excluding hydrogens is 366 g/mol. The molecule has 0 unspecified atom stereocenters. The number of hydrogen-bond acceptors (Lipinski definition) is 9. The number of aromatic nitrogens is 2. The number of amides is 2. The van der Waals surface area contributed by atoms with E-state index in [2.05, 4.69) is 10.2 Å². The molecule has 0 spiro atoms. The van der Waals surface area contributed by atoms with Gasteiger partial charge in [0, 0.05) is 6.26 Å². The van der Waals surface area contributed by atoms with Gasteiger partial charge in [-0.25, -0.2) is 13.2 Å². The summed E-state index contributed by atoms with van der Waals surface area (Å²) >= 11 is 0. The normalized spacial score (nSPS) is 14.5. The topological polar surface area (TPSA) is 137 Å². The summed E-state index contributed by atoms with van der Waals surface area (Å²) < 4.78 is 27.1. The molecule has 1 aromatic heterocycles. The number of hydroxylamine groups is 2. The van der Waals surface area contributed by atoms with Gasteiger partial charge in [0.15, 0.2) is 9.84 Å². The molecule has 0 aliphatic carbocycles. The second-order valence-corrected chi connectivity index (χ2v) is 8.59. The van der Waals surface area contributed by atoms with Gasteiger partial charge in [0.2, 0.25) is 5.89 Å². The van der Waals surface area contributed by atoms with Crippen LogP contribution in [-0.4, -0.2) is 47.7 Å². The zero-order valence-corrected chi connectivity index (χ0v) is 14.7. The molecule has 0 bridgehead atoms. The largest absolute Gasteiger partial charge is 0.421 e. The van der Waals surface area contributed by atoms with E-state index in [0.717, 1.165) is 6.26 Å². The zero-order valence-electron chi connectivity index (χ0n) is 13.9. The van der Waals surface area contributed by atoms with E-state index < -0.39 is 38.3 Å². The van der Waals surface area contributed by atoms with E-state index >= 15 is 0 Å². The van der Waals surface area contributed by atoms with E-state index in [1.165, 1.54) is 26.0 Å². The molecular formula is C15H13N3O7S. The second-order valence-electron chi connectivity index (χ2n) is 6.02. The number of carbonyl (C=O) groups excluding carboxylic acids is 3. The summed E-state index contributed by atoms with van der Waals surface area (Å²) in [4.78, 5) is 41.2. The van der Waals surface area contributed by atoms with Gasteiger partial charge in [-0.05, 0) is 26.0 Å². The van der Waals surface area contributed by atoms with E-state index in [0.29, 0.717) is 5.06 Å². The van der Waals surface area contributed by atoms with Gasteiger partial charge in [-0.3, -0.25) is 9.59 Å². The maximum atomic E-state index is 12.2. The lowest BCUT2D eigenvalue weighted by molar-refractivity contribution is -0.0609. The summed E-state index contributed by atoms with van der Waals surface area (Å²) in [6.45, 7) is 2.66. The Hall–Kier alpha value is -3.08. The highest BCUT2D eigenvalue weighted by Crippen LogP contribution is 2.28. The number of rotatable bonds is 4. The molecule has 136 valence electrons. The highest BCUT2D eigenvalue weighted by atomic mass is 32.2. The van der Waals surface area contributed by atoms with Crippen molar-refractivity contribution in [2.45, 2.75) is 18.6 Å². The van der Waals surface area contributed by atoms with Gasteiger partial charge in [0.05, 0.1) is 11.1 Å². The Labute approximate surface area is 147 Å². The van der Waals surface area contributed by atoms with Crippen LogP contribution in [0.4, 0.5) is 0 Å². The number of fused-ring (bicyclic) bond motifs is 1. The molecule has 0 atom stereocenters. The minimum Gasteiger partial charge on any atom is -0.414 e. The SMILES string of the molecule is CC(C)(c1nnc(C(=O)ON2C(=O)c3ccccc3C2=O)o1)S(C)(=O)=O. The molecule has 2 heterocycles. The summed E-state index contributed by atoms with van der Waals surface area (Å²) in [6.07, 6.45) is 0.980. The Kier molecular flexibility index (Phi) is 3.91. The van der Waals surface area contributed by atoms with Gasteiger partial charge in [0.25, 0.3) is 11.8 Å². The van der Waals surface area contributed by atoms with Crippen LogP contribution in [-0.2, 0) is 19.4 Å². The van der Waals surface area contributed by atoms with Crippen molar-refractivity contribution in [1.29, 1.82) is 0 Å². The first-order valence-electron chi connectivity index (χ1n) is 7.27.